The fourth-order valence-electron chi connectivity index (χ4n) is 1.24. The number of rotatable bonds is 4. The van der Waals surface area contributed by atoms with Crippen molar-refractivity contribution in [3.8, 4) is 0 Å². The maximum absolute atomic E-state index is 12.1. The second-order valence-electron chi connectivity index (χ2n) is 3.66. The molecule has 0 fully saturated rings. The Morgan fingerprint density at radius 3 is 2.25 bits per heavy atom. The molecule has 0 amide bonds. The number of alkyl halides is 3. The second kappa shape index (κ2) is 6.22. The minimum absolute atomic E-state index is 0.0993. The van der Waals surface area contributed by atoms with Crippen molar-refractivity contribution in [2.24, 2.45) is 5.73 Å². The summed E-state index contributed by atoms with van der Waals surface area (Å²) in [7, 11) is -3.87. The van der Waals surface area contributed by atoms with E-state index in [1.54, 1.807) is 0 Å². The van der Waals surface area contributed by atoms with Crippen molar-refractivity contribution in [3.63, 3.8) is 0 Å². The van der Waals surface area contributed by atoms with Crippen LogP contribution in [0.4, 0.5) is 0 Å². The van der Waals surface area contributed by atoms with Gasteiger partial charge in [0.15, 0.2) is 11.8 Å². The largest absolute Gasteiger partial charge is 0.480 e. The second-order valence-corrected chi connectivity index (χ2v) is 14.1. The Morgan fingerprint density at radius 1 is 1.25 bits per heavy atom. The molecular weight excluding hydrogens is 486 g/mol. The molecule has 0 saturated carbocycles. The molecule has 1 atom stereocenters. The third-order valence-corrected chi connectivity index (χ3v) is 7.60. The first-order valence-corrected chi connectivity index (χ1v) is 8.78. The molecule has 0 aliphatic heterocycles. The number of halogens is 3. The summed E-state index contributed by atoms with van der Waals surface area (Å²) >= 11 is 8.68. The molecule has 10 heteroatoms. The Kier molecular flexibility index (Phi) is 5.53. The third-order valence-electron chi connectivity index (χ3n) is 2.28. The van der Waals surface area contributed by atoms with E-state index in [9.17, 15) is 18.0 Å². The normalized spacial score (nSPS) is 13.8. The van der Waals surface area contributed by atoms with E-state index in [0.29, 0.717) is 0 Å². The smallest absolute Gasteiger partial charge is 0.328 e. The van der Waals surface area contributed by atoms with Crippen LogP contribution in [0.2, 0.25) is 0 Å². The van der Waals surface area contributed by atoms with Crippen LogP contribution in [0.25, 0.3) is 0 Å². The van der Waals surface area contributed by atoms with E-state index < -0.39 is 29.1 Å². The van der Waals surface area contributed by atoms with Crippen LogP contribution in [0.3, 0.4) is 0 Å². The van der Waals surface area contributed by atoms with Crippen LogP contribution in [0.15, 0.2) is 29.2 Å². The Balaban J connectivity index is 3.29. The zero-order chi connectivity index (χ0) is 15.7. The molecule has 0 aliphatic carbocycles. The minimum atomic E-state index is -3.87. The number of hydrogen-bond acceptors (Lipinski definition) is 5. The molecular formula is C10H8Br3NO5S. The number of hydrogen-bond donors (Lipinski definition) is 2. The van der Waals surface area contributed by atoms with Crippen molar-refractivity contribution >= 4 is 69.4 Å². The highest BCUT2D eigenvalue weighted by atomic mass is 80.0. The van der Waals surface area contributed by atoms with Gasteiger partial charge in [-0.3, -0.25) is 9.59 Å². The Labute approximate surface area is 140 Å². The molecule has 1 aromatic rings. The Morgan fingerprint density at radius 2 is 1.80 bits per heavy atom. The number of ketones is 1. The highest BCUT2D eigenvalue weighted by molar-refractivity contribution is 9.42. The fraction of sp³-hybridized carbons (Fsp3) is 0.200. The summed E-state index contributed by atoms with van der Waals surface area (Å²) in [6.07, 6.45) is 0. The van der Waals surface area contributed by atoms with Gasteiger partial charge in [-0.1, -0.05) is 12.1 Å². The van der Waals surface area contributed by atoms with Crippen LogP contribution >= 0.6 is 47.8 Å². The average Bonchev–Trinajstić information content (AvgIpc) is 2.35. The predicted octanol–water partition coefficient (Wildman–Crippen LogP) is 1.85. The molecule has 0 heterocycles. The Hall–Kier alpha value is -0.290. The highest BCUT2D eigenvalue weighted by Crippen LogP contribution is 2.43. The van der Waals surface area contributed by atoms with E-state index in [1.165, 1.54) is 18.2 Å². The molecule has 1 rings (SSSR count). The molecule has 0 bridgehead atoms. The van der Waals surface area contributed by atoms with Gasteiger partial charge >= 0.3 is 5.97 Å². The number of nitrogens with two attached hydrogens (primary N) is 1. The standard InChI is InChI=1S/C10H8Br3NO5S/c11-10(12,13)20(18,19)6-3-1-2-5(4-6)8(15)7(14)9(16)17/h1-4,7H,14H2,(H,16,17). The lowest BCUT2D eigenvalue weighted by molar-refractivity contribution is -0.137. The number of carbonyl (C=O) groups is 2. The van der Waals surface area contributed by atoms with Gasteiger partial charge in [0, 0.05) is 5.56 Å². The quantitative estimate of drug-likeness (QED) is 0.376. The van der Waals surface area contributed by atoms with Gasteiger partial charge < -0.3 is 10.8 Å². The van der Waals surface area contributed by atoms with Gasteiger partial charge in [0.1, 0.15) is 0 Å². The van der Waals surface area contributed by atoms with Gasteiger partial charge in [-0.2, -0.15) is 0 Å². The van der Waals surface area contributed by atoms with Crippen molar-refractivity contribution < 1.29 is 23.1 Å². The number of Topliss-reactive ketones (excluding diaryl/α,β-unsaturated/α-hetero) is 1. The van der Waals surface area contributed by atoms with Crippen LogP contribution in [0.5, 0.6) is 0 Å². The zero-order valence-corrected chi connectivity index (χ0v) is 15.2. The molecule has 0 aliphatic rings. The molecule has 0 aromatic heterocycles. The first-order valence-electron chi connectivity index (χ1n) is 4.92. The van der Waals surface area contributed by atoms with Crippen molar-refractivity contribution in [2.45, 2.75) is 12.4 Å². The monoisotopic (exact) mass is 491 g/mol. The van der Waals surface area contributed by atoms with Gasteiger partial charge in [-0.05, 0) is 59.9 Å². The number of aliphatic carboxylic acids is 1. The van der Waals surface area contributed by atoms with Crippen LogP contribution in [-0.4, -0.2) is 32.8 Å². The third kappa shape index (κ3) is 3.67. The maximum atomic E-state index is 12.1. The van der Waals surface area contributed by atoms with Crippen molar-refractivity contribution in [2.75, 3.05) is 0 Å². The molecule has 3 N–H and O–H groups in total. The first kappa shape index (κ1) is 17.8. The topological polar surface area (TPSA) is 115 Å². The van der Waals surface area contributed by atoms with E-state index in [4.69, 9.17) is 10.8 Å². The van der Waals surface area contributed by atoms with E-state index in [2.05, 4.69) is 47.8 Å². The summed E-state index contributed by atoms with van der Waals surface area (Å²) in [5.74, 6) is -2.36. The SMILES string of the molecule is NC(C(=O)O)C(=O)c1cccc(S(=O)(=O)C(Br)(Br)Br)c1. The lowest BCUT2D eigenvalue weighted by Crippen LogP contribution is -2.38. The van der Waals surface area contributed by atoms with Gasteiger partial charge in [0.05, 0.1) is 4.90 Å². The van der Waals surface area contributed by atoms with Crippen LogP contribution in [0, 0.1) is 0 Å². The van der Waals surface area contributed by atoms with Crippen molar-refractivity contribution in [1.29, 1.82) is 0 Å². The molecule has 0 radical (unpaired) electrons. The number of carboxylic acids is 1. The van der Waals surface area contributed by atoms with Crippen LogP contribution in [-0.2, 0) is 14.6 Å². The Bertz CT molecular complexity index is 653. The van der Waals surface area contributed by atoms with Crippen molar-refractivity contribution in [3.05, 3.63) is 29.8 Å². The molecule has 20 heavy (non-hydrogen) atoms. The van der Waals surface area contributed by atoms with Gasteiger partial charge in [-0.25, -0.2) is 8.42 Å². The summed E-state index contributed by atoms with van der Waals surface area (Å²) in [5.41, 5.74) is 5.11. The molecule has 6 nitrogen and oxygen atoms in total. The van der Waals surface area contributed by atoms with Crippen LogP contribution < -0.4 is 5.73 Å². The lowest BCUT2D eigenvalue weighted by Gasteiger charge is -2.14. The first-order chi connectivity index (χ1) is 8.98. The summed E-state index contributed by atoms with van der Waals surface area (Å²) in [5, 5.41) is 8.69. The summed E-state index contributed by atoms with van der Waals surface area (Å²) < 4.78 is 22.7. The molecule has 0 saturated heterocycles. The van der Waals surface area contributed by atoms with Gasteiger partial charge in [0.25, 0.3) is 0 Å². The lowest BCUT2D eigenvalue weighted by atomic mass is 10.1. The summed E-state index contributed by atoms with van der Waals surface area (Å²) in [6.45, 7) is 0. The number of sulfone groups is 1. The van der Waals surface area contributed by atoms with E-state index in [1.807, 2.05) is 0 Å². The average molecular weight is 494 g/mol. The molecule has 110 valence electrons. The molecule has 1 unspecified atom stereocenters. The number of carboxylic acid groups (broad SMARTS) is 1. The van der Waals surface area contributed by atoms with Crippen LogP contribution in [0.1, 0.15) is 10.4 Å². The number of carbonyl (C=O) groups excluding carboxylic acids is 1. The van der Waals surface area contributed by atoms with E-state index in [0.717, 1.165) is 6.07 Å². The predicted molar refractivity (Wildman–Crippen MR) is 83.1 cm³/mol. The maximum Gasteiger partial charge on any atom is 0.328 e. The summed E-state index contributed by atoms with van der Waals surface area (Å²) in [6, 6.07) is 3.22. The highest BCUT2D eigenvalue weighted by Gasteiger charge is 2.37. The van der Waals surface area contributed by atoms with Crippen molar-refractivity contribution in [1.82, 2.24) is 0 Å². The summed E-state index contributed by atoms with van der Waals surface area (Å²) in [4.78, 5) is 22.3. The molecule has 0 spiro atoms. The van der Waals surface area contributed by atoms with E-state index in [-0.39, 0.29) is 10.5 Å². The molecule has 1 aromatic carbocycles. The number of benzene rings is 1. The van der Waals surface area contributed by atoms with E-state index >= 15 is 0 Å². The fourth-order valence-corrected chi connectivity index (χ4v) is 3.73. The minimum Gasteiger partial charge on any atom is -0.480 e. The zero-order valence-electron chi connectivity index (χ0n) is 9.59. The van der Waals surface area contributed by atoms with Gasteiger partial charge in [-0.15, -0.1) is 0 Å². The van der Waals surface area contributed by atoms with Gasteiger partial charge in [0.2, 0.25) is 11.3 Å².